The highest BCUT2D eigenvalue weighted by Crippen LogP contribution is 2.32. The first-order valence-corrected chi connectivity index (χ1v) is 17.9. The van der Waals surface area contributed by atoms with Crippen LogP contribution in [0.15, 0.2) is 90.0 Å². The number of carbonyl (C=O) groups excluding carboxylic acids is 1. The monoisotopic (exact) mass is 748 g/mol. The molecule has 0 unspecified atom stereocenters. The molecule has 4 atom stereocenters. The topological polar surface area (TPSA) is 124 Å². The summed E-state index contributed by atoms with van der Waals surface area (Å²) in [6.07, 6.45) is -3.24. The molecule has 0 bridgehead atoms. The summed E-state index contributed by atoms with van der Waals surface area (Å²) in [5, 5.41) is 3.71. The largest absolute Gasteiger partial charge is 0.573 e. The quantitative estimate of drug-likeness (QED) is 0.159. The third-order valence-electron chi connectivity index (χ3n) is 8.84. The summed E-state index contributed by atoms with van der Waals surface area (Å²) in [4.78, 5) is 17.9. The van der Waals surface area contributed by atoms with E-state index in [1.807, 2.05) is 0 Å². The smallest absolute Gasteiger partial charge is 0.481 e. The first-order valence-electron chi connectivity index (χ1n) is 16.1. The zero-order valence-electron chi connectivity index (χ0n) is 27.7. The van der Waals surface area contributed by atoms with E-state index in [1.54, 1.807) is 55.6 Å². The fourth-order valence-electron chi connectivity index (χ4n) is 6.42. The lowest BCUT2D eigenvalue weighted by atomic mass is 9.82. The van der Waals surface area contributed by atoms with Gasteiger partial charge in [-0.2, -0.15) is 4.31 Å². The number of aromatic nitrogens is 1. The second kappa shape index (κ2) is 16.1. The van der Waals surface area contributed by atoms with Crippen molar-refractivity contribution in [2.75, 3.05) is 20.2 Å². The fraction of sp³-hybridized carbons (Fsp3) is 0.333. The molecule has 2 heterocycles. The molecule has 9 nitrogen and oxygen atoms in total. The molecule has 1 aromatic heterocycles. The summed E-state index contributed by atoms with van der Waals surface area (Å²) in [5.41, 5.74) is 8.74. The third-order valence-corrected chi connectivity index (χ3v) is 11.2. The normalized spacial score (nSPS) is 18.2. The van der Waals surface area contributed by atoms with Crippen molar-refractivity contribution in [2.45, 2.75) is 61.5 Å². The van der Waals surface area contributed by atoms with Crippen LogP contribution in [0.4, 0.5) is 17.6 Å². The van der Waals surface area contributed by atoms with Gasteiger partial charge in [0.25, 0.3) is 0 Å². The molecule has 1 saturated heterocycles. The van der Waals surface area contributed by atoms with Gasteiger partial charge in [-0.15, -0.1) is 13.2 Å². The van der Waals surface area contributed by atoms with Crippen LogP contribution in [0, 0.1) is 5.82 Å². The molecule has 15 heteroatoms. The van der Waals surface area contributed by atoms with E-state index in [9.17, 15) is 26.4 Å². The zero-order valence-corrected chi connectivity index (χ0v) is 29.3. The van der Waals surface area contributed by atoms with Crippen LogP contribution < -0.4 is 20.5 Å². The minimum absolute atomic E-state index is 0.0942. The number of ether oxygens (including phenoxy) is 2. The Bertz CT molecular complexity index is 1910. The Morgan fingerprint density at radius 1 is 1.04 bits per heavy atom. The van der Waals surface area contributed by atoms with Gasteiger partial charge in [0.1, 0.15) is 11.6 Å². The molecule has 5 rings (SSSR count). The van der Waals surface area contributed by atoms with Crippen LogP contribution in [-0.4, -0.2) is 68.2 Å². The second-order valence-corrected chi connectivity index (χ2v) is 14.5. The van der Waals surface area contributed by atoms with Gasteiger partial charge in [0.05, 0.1) is 18.0 Å². The number of rotatable bonds is 13. The van der Waals surface area contributed by atoms with Gasteiger partial charge in [0.15, 0.2) is 5.78 Å². The molecule has 3 aromatic carbocycles. The number of nitrogens with one attached hydrogen (secondary N) is 1. The van der Waals surface area contributed by atoms with Crippen molar-refractivity contribution in [2.24, 2.45) is 5.73 Å². The second-order valence-electron chi connectivity index (χ2n) is 12.3. The highest BCUT2D eigenvalue weighted by Gasteiger charge is 2.38. The number of hydrogen-bond donors (Lipinski definition) is 2. The average Bonchev–Trinajstić information content (AvgIpc) is 3.08. The summed E-state index contributed by atoms with van der Waals surface area (Å²) in [5.74, 6) is -1.66. The van der Waals surface area contributed by atoms with Crippen molar-refractivity contribution in [3.8, 4) is 11.6 Å². The first kappa shape index (κ1) is 38.2. The highest BCUT2D eigenvalue weighted by molar-refractivity contribution is 7.89. The summed E-state index contributed by atoms with van der Waals surface area (Å²) in [7, 11) is -2.68. The van der Waals surface area contributed by atoms with Gasteiger partial charge >= 0.3 is 6.36 Å². The average molecular weight is 749 g/mol. The van der Waals surface area contributed by atoms with Crippen LogP contribution in [0.1, 0.15) is 41.5 Å². The maximum atomic E-state index is 15.5. The van der Waals surface area contributed by atoms with E-state index < -0.39 is 52.0 Å². The van der Waals surface area contributed by atoms with Crippen molar-refractivity contribution < 1.29 is 40.2 Å². The Balaban J connectivity index is 1.36. The van der Waals surface area contributed by atoms with Crippen LogP contribution in [0.25, 0.3) is 0 Å². The molecule has 0 amide bonds. The van der Waals surface area contributed by atoms with Crippen LogP contribution in [-0.2, 0) is 27.7 Å². The number of halogens is 5. The maximum absolute atomic E-state index is 15.5. The molecule has 0 aliphatic carbocycles. The molecule has 3 N–H and O–H groups in total. The van der Waals surface area contributed by atoms with Gasteiger partial charge in [-0.25, -0.2) is 17.8 Å². The minimum atomic E-state index is -4.92. The number of hydrogen-bond acceptors (Lipinski definition) is 8. The van der Waals surface area contributed by atoms with Crippen LogP contribution in [0.2, 0.25) is 5.02 Å². The van der Waals surface area contributed by atoms with E-state index in [-0.39, 0.29) is 42.0 Å². The van der Waals surface area contributed by atoms with Crippen molar-refractivity contribution in [1.29, 1.82) is 0 Å². The lowest BCUT2D eigenvalue weighted by Crippen LogP contribution is -2.58. The summed E-state index contributed by atoms with van der Waals surface area (Å²) in [6.45, 7) is 2.30. The van der Waals surface area contributed by atoms with Gasteiger partial charge in [-0.05, 0) is 84.5 Å². The number of piperazine rings is 1. The van der Waals surface area contributed by atoms with Gasteiger partial charge in [-0.3, -0.25) is 4.79 Å². The molecule has 51 heavy (non-hydrogen) atoms. The molecular weight excluding hydrogens is 712 g/mol. The summed E-state index contributed by atoms with van der Waals surface area (Å²) < 4.78 is 91.4. The van der Waals surface area contributed by atoms with E-state index in [0.717, 1.165) is 29.8 Å². The Morgan fingerprint density at radius 3 is 2.35 bits per heavy atom. The van der Waals surface area contributed by atoms with E-state index in [2.05, 4.69) is 15.0 Å². The van der Waals surface area contributed by atoms with E-state index in [0.29, 0.717) is 28.6 Å². The summed E-state index contributed by atoms with van der Waals surface area (Å²) >= 11 is 6.13. The van der Waals surface area contributed by atoms with E-state index >= 15 is 4.39 Å². The van der Waals surface area contributed by atoms with Gasteiger partial charge in [0, 0.05) is 54.8 Å². The number of Topliss-reactive ketones (excluding diaryl/α,β-unsaturated/α-hetero) is 1. The van der Waals surface area contributed by atoms with Gasteiger partial charge < -0.3 is 20.5 Å². The SMILES string of the molecule is COc1ccc([C@H](c2ccc(Cl)cc2)[C@H](N)C(=O)Cc2cccc(F)c2CC[C@H]2CNC[C@H](C)N2S(=O)(=O)c2ccc(OC(F)(F)F)cc2)cn1. The number of sulfonamides is 1. The predicted molar refractivity (Wildman–Crippen MR) is 184 cm³/mol. The number of nitrogens with zero attached hydrogens (tertiary/aromatic N) is 2. The molecular formula is C36H37ClF4N4O5S. The Kier molecular flexibility index (Phi) is 12.0. The Labute approximate surface area is 298 Å². The molecule has 0 saturated carbocycles. The van der Waals surface area contributed by atoms with Gasteiger partial charge in [0.2, 0.25) is 15.9 Å². The van der Waals surface area contributed by atoms with Crippen molar-refractivity contribution in [1.82, 2.24) is 14.6 Å². The maximum Gasteiger partial charge on any atom is 0.573 e. The third kappa shape index (κ3) is 9.24. The van der Waals surface area contributed by atoms with Crippen LogP contribution >= 0.6 is 11.6 Å². The first-order chi connectivity index (χ1) is 24.2. The summed E-state index contributed by atoms with van der Waals surface area (Å²) in [6, 6.07) is 16.6. The molecule has 1 fully saturated rings. The molecule has 272 valence electrons. The minimum Gasteiger partial charge on any atom is -0.481 e. The highest BCUT2D eigenvalue weighted by atomic mass is 35.5. The number of alkyl halides is 3. The molecule has 1 aliphatic heterocycles. The number of carbonyl (C=O) groups is 1. The molecule has 0 radical (unpaired) electrons. The number of nitrogens with two attached hydrogens (primary N) is 1. The lowest BCUT2D eigenvalue weighted by Gasteiger charge is -2.40. The number of benzene rings is 3. The molecule has 0 spiro atoms. The fourth-order valence-corrected chi connectivity index (χ4v) is 8.39. The number of ketones is 1. The van der Waals surface area contributed by atoms with E-state index in [4.69, 9.17) is 22.1 Å². The van der Waals surface area contributed by atoms with Crippen LogP contribution in [0.5, 0.6) is 11.6 Å². The predicted octanol–water partition coefficient (Wildman–Crippen LogP) is 6.04. The van der Waals surface area contributed by atoms with Crippen molar-refractivity contribution >= 4 is 27.4 Å². The number of methoxy groups -OCH3 is 1. The lowest BCUT2D eigenvalue weighted by molar-refractivity contribution is -0.274. The van der Waals surface area contributed by atoms with E-state index in [1.165, 1.54) is 23.5 Å². The Hall–Kier alpha value is -4.08. The van der Waals surface area contributed by atoms with Crippen molar-refractivity contribution in [3.63, 3.8) is 0 Å². The Morgan fingerprint density at radius 2 is 1.73 bits per heavy atom. The molecule has 4 aromatic rings. The zero-order chi connectivity index (χ0) is 36.9. The van der Waals surface area contributed by atoms with Crippen LogP contribution in [0.3, 0.4) is 0 Å². The van der Waals surface area contributed by atoms with Crippen molar-refractivity contribution in [3.05, 3.63) is 118 Å². The molecule has 1 aliphatic rings. The van der Waals surface area contributed by atoms with Gasteiger partial charge in [-0.1, -0.05) is 41.9 Å². The number of pyridine rings is 1. The standard InChI is InChI=1S/C36H37ClF4N4O5S/c1-22-19-43-21-27(45(22)51(47,48)29-14-12-28(13-15-29)50-36(39,40)41)11-16-30-24(4-3-5-31(30)38)18-32(46)35(42)34(23-6-9-26(37)10-7-23)25-8-17-33(49-2)44-20-25/h3-10,12-15,17,20,22,27,34-35,43H,11,16,18-19,21,42H2,1-2H3/t22-,27-,34-,35+/m0/s1.